The molecule has 1 aromatic heterocycles. The highest BCUT2D eigenvalue weighted by molar-refractivity contribution is 14.1. The minimum atomic E-state index is -3.94. The van der Waals surface area contributed by atoms with Gasteiger partial charge in [-0.15, -0.1) is 5.10 Å². The zero-order valence-corrected chi connectivity index (χ0v) is 19.4. The van der Waals surface area contributed by atoms with Crippen LogP contribution in [0.2, 0.25) is 0 Å². The number of aryl methyl sites for hydroxylation is 1. The van der Waals surface area contributed by atoms with Gasteiger partial charge in [0.25, 0.3) is 0 Å². The van der Waals surface area contributed by atoms with E-state index in [0.717, 1.165) is 0 Å². The van der Waals surface area contributed by atoms with E-state index in [1.165, 1.54) is 24.4 Å². The van der Waals surface area contributed by atoms with Crippen molar-refractivity contribution in [2.75, 3.05) is 16.6 Å². The standard InChI is InChI=1S/C20H19F2IN4O3S/c1-11-10-24-26-18-13(11)9-16(27-31(29,30)20(4-5-20)6-7-28)19(17(18)22)25-15-3-2-12(23)8-14(15)21/h2-3,8-10,25,27-28H,4-7H2,1H3. The normalized spacial score (nSPS) is 15.1. The number of sulfonamides is 1. The first-order valence-electron chi connectivity index (χ1n) is 9.47. The van der Waals surface area contributed by atoms with Gasteiger partial charge in [0.15, 0.2) is 5.82 Å². The minimum Gasteiger partial charge on any atom is -0.396 e. The quantitative estimate of drug-likeness (QED) is 0.374. The van der Waals surface area contributed by atoms with Gasteiger partial charge < -0.3 is 10.4 Å². The zero-order chi connectivity index (χ0) is 22.4. The first-order valence-corrected chi connectivity index (χ1v) is 12.0. The molecule has 7 nitrogen and oxygen atoms in total. The molecule has 1 aliphatic rings. The van der Waals surface area contributed by atoms with E-state index in [0.29, 0.717) is 27.4 Å². The van der Waals surface area contributed by atoms with E-state index < -0.39 is 26.4 Å². The molecule has 3 aromatic rings. The molecule has 31 heavy (non-hydrogen) atoms. The van der Waals surface area contributed by atoms with Gasteiger partial charge in [0.1, 0.15) is 17.0 Å². The van der Waals surface area contributed by atoms with Gasteiger partial charge in [0, 0.05) is 15.6 Å². The number of nitrogens with zero attached hydrogens (tertiary/aromatic N) is 2. The lowest BCUT2D eigenvalue weighted by molar-refractivity contribution is 0.283. The molecule has 0 atom stereocenters. The van der Waals surface area contributed by atoms with E-state index in [-0.39, 0.29) is 35.6 Å². The molecule has 2 aromatic carbocycles. The second kappa shape index (κ2) is 8.10. The number of halogens is 3. The second-order valence-corrected chi connectivity index (χ2v) is 10.9. The SMILES string of the molecule is Cc1cnnc2c(F)c(Nc3ccc(I)cc3F)c(NS(=O)(=O)C3(CCO)CC3)cc12. The largest absolute Gasteiger partial charge is 0.396 e. The fraction of sp³-hybridized carbons (Fsp3) is 0.300. The maximum Gasteiger partial charge on any atom is 0.238 e. The summed E-state index contributed by atoms with van der Waals surface area (Å²) in [5, 5.41) is 19.9. The Morgan fingerprint density at radius 3 is 2.61 bits per heavy atom. The molecule has 0 unspecified atom stereocenters. The van der Waals surface area contributed by atoms with Crippen LogP contribution in [-0.4, -0.2) is 35.1 Å². The third kappa shape index (κ3) is 4.05. The summed E-state index contributed by atoms with van der Waals surface area (Å²) in [6.07, 6.45) is 2.33. The van der Waals surface area contributed by atoms with Gasteiger partial charge in [0.05, 0.1) is 22.3 Å². The van der Waals surface area contributed by atoms with Crippen LogP contribution in [0.3, 0.4) is 0 Å². The molecule has 4 rings (SSSR count). The summed E-state index contributed by atoms with van der Waals surface area (Å²) in [6, 6.07) is 5.81. The second-order valence-electron chi connectivity index (χ2n) is 7.55. The lowest BCUT2D eigenvalue weighted by atomic mass is 10.1. The van der Waals surface area contributed by atoms with Crippen LogP contribution >= 0.6 is 22.6 Å². The number of anilines is 3. The summed E-state index contributed by atoms with van der Waals surface area (Å²) in [6.45, 7) is 1.43. The summed E-state index contributed by atoms with van der Waals surface area (Å²) < 4.78 is 58.0. The molecule has 164 valence electrons. The smallest absolute Gasteiger partial charge is 0.238 e. The van der Waals surface area contributed by atoms with Gasteiger partial charge in [-0.05, 0) is 78.6 Å². The molecular weight excluding hydrogens is 541 g/mol. The van der Waals surface area contributed by atoms with E-state index in [4.69, 9.17) is 0 Å². The highest BCUT2D eigenvalue weighted by atomic mass is 127. The predicted octanol–water partition coefficient (Wildman–Crippen LogP) is 4.22. The van der Waals surface area contributed by atoms with Crippen LogP contribution in [0.1, 0.15) is 24.8 Å². The van der Waals surface area contributed by atoms with E-state index in [9.17, 15) is 17.9 Å². The fourth-order valence-corrected chi connectivity index (χ4v) is 5.58. The van der Waals surface area contributed by atoms with Gasteiger partial charge in [0.2, 0.25) is 10.0 Å². The number of aliphatic hydroxyl groups is 1. The van der Waals surface area contributed by atoms with Crippen molar-refractivity contribution in [2.24, 2.45) is 0 Å². The van der Waals surface area contributed by atoms with Gasteiger partial charge in [-0.2, -0.15) is 5.10 Å². The van der Waals surface area contributed by atoms with Gasteiger partial charge in [-0.1, -0.05) is 0 Å². The molecule has 1 heterocycles. The third-order valence-corrected chi connectivity index (χ3v) is 8.37. The van der Waals surface area contributed by atoms with Crippen LogP contribution in [0.4, 0.5) is 25.8 Å². The van der Waals surface area contributed by atoms with Gasteiger partial charge in [-0.3, -0.25) is 4.72 Å². The van der Waals surface area contributed by atoms with Crippen molar-refractivity contribution < 1.29 is 22.3 Å². The Kier molecular flexibility index (Phi) is 5.77. The van der Waals surface area contributed by atoms with Crippen molar-refractivity contribution in [2.45, 2.75) is 30.9 Å². The molecule has 11 heteroatoms. The molecule has 1 aliphatic carbocycles. The van der Waals surface area contributed by atoms with E-state index in [1.54, 1.807) is 13.0 Å². The molecule has 3 N–H and O–H groups in total. The van der Waals surface area contributed by atoms with Crippen LogP contribution in [-0.2, 0) is 10.0 Å². The summed E-state index contributed by atoms with van der Waals surface area (Å²) in [5.41, 5.74) is 0.205. The van der Waals surface area contributed by atoms with Crippen LogP contribution in [0.25, 0.3) is 10.9 Å². The van der Waals surface area contributed by atoms with Crippen molar-refractivity contribution in [3.8, 4) is 0 Å². The summed E-state index contributed by atoms with van der Waals surface area (Å²) in [7, 11) is -3.94. The Bertz CT molecular complexity index is 1280. The average molecular weight is 560 g/mol. The number of nitrogens with one attached hydrogen (secondary N) is 2. The molecule has 0 saturated heterocycles. The van der Waals surface area contributed by atoms with E-state index in [2.05, 4.69) is 20.2 Å². The van der Waals surface area contributed by atoms with Crippen LogP contribution in [0.15, 0.2) is 30.5 Å². The number of aliphatic hydroxyl groups excluding tert-OH is 1. The maximum atomic E-state index is 15.5. The molecule has 1 fully saturated rings. The molecule has 0 spiro atoms. The van der Waals surface area contributed by atoms with Crippen molar-refractivity contribution >= 4 is 60.6 Å². The minimum absolute atomic E-state index is 0.0174. The van der Waals surface area contributed by atoms with Crippen LogP contribution in [0.5, 0.6) is 0 Å². The van der Waals surface area contributed by atoms with E-state index in [1.807, 2.05) is 22.6 Å². The molecule has 0 radical (unpaired) electrons. The lowest BCUT2D eigenvalue weighted by Crippen LogP contribution is -2.31. The summed E-state index contributed by atoms with van der Waals surface area (Å²) in [4.78, 5) is 0. The van der Waals surface area contributed by atoms with Crippen molar-refractivity contribution in [3.05, 3.63) is 51.2 Å². The monoisotopic (exact) mass is 560 g/mol. The number of benzene rings is 2. The summed E-state index contributed by atoms with van der Waals surface area (Å²) >= 11 is 1.95. The third-order valence-electron chi connectivity index (χ3n) is 5.45. The van der Waals surface area contributed by atoms with Gasteiger partial charge >= 0.3 is 0 Å². The Labute approximate surface area is 191 Å². The first kappa shape index (κ1) is 22.1. The predicted molar refractivity (Wildman–Crippen MR) is 123 cm³/mol. The highest BCUT2D eigenvalue weighted by Gasteiger charge is 2.54. The number of hydrogen-bond acceptors (Lipinski definition) is 6. The molecule has 0 amide bonds. The molecular formula is C20H19F2IN4O3S. The first-order chi connectivity index (χ1) is 14.7. The Balaban J connectivity index is 1.86. The Morgan fingerprint density at radius 2 is 1.97 bits per heavy atom. The average Bonchev–Trinajstić information content (AvgIpc) is 3.49. The molecule has 1 saturated carbocycles. The van der Waals surface area contributed by atoms with Crippen LogP contribution in [0, 0.1) is 22.1 Å². The fourth-order valence-electron chi connectivity index (χ4n) is 3.46. The number of rotatable bonds is 7. The van der Waals surface area contributed by atoms with Crippen molar-refractivity contribution in [1.82, 2.24) is 10.2 Å². The van der Waals surface area contributed by atoms with Crippen LogP contribution < -0.4 is 10.0 Å². The lowest BCUT2D eigenvalue weighted by Gasteiger charge is -2.21. The molecule has 0 aliphatic heterocycles. The summed E-state index contributed by atoms with van der Waals surface area (Å²) in [5.74, 6) is -1.47. The van der Waals surface area contributed by atoms with Gasteiger partial charge in [-0.25, -0.2) is 17.2 Å². The number of aromatic nitrogens is 2. The van der Waals surface area contributed by atoms with Crippen molar-refractivity contribution in [1.29, 1.82) is 0 Å². The Hall–Kier alpha value is -2.12. The van der Waals surface area contributed by atoms with Crippen molar-refractivity contribution in [3.63, 3.8) is 0 Å². The number of fused-ring (bicyclic) bond motifs is 1. The number of hydrogen-bond donors (Lipinski definition) is 3. The van der Waals surface area contributed by atoms with E-state index >= 15 is 4.39 Å². The molecule has 0 bridgehead atoms. The highest BCUT2D eigenvalue weighted by Crippen LogP contribution is 2.48. The Morgan fingerprint density at radius 1 is 1.23 bits per heavy atom. The maximum absolute atomic E-state index is 15.5. The topological polar surface area (TPSA) is 104 Å². The zero-order valence-electron chi connectivity index (χ0n) is 16.4.